The minimum atomic E-state index is -0.770. The van der Waals surface area contributed by atoms with E-state index in [2.05, 4.69) is 48.1 Å². The summed E-state index contributed by atoms with van der Waals surface area (Å²) in [5.74, 6) is 0.537. The van der Waals surface area contributed by atoms with Gasteiger partial charge >= 0.3 is 11.9 Å². The number of phenolic OH excluding ortho intramolecular Hbond substituents is 1. The Morgan fingerprint density at radius 1 is 0.911 bits per heavy atom. The lowest BCUT2D eigenvalue weighted by atomic mass is 9.32. The molecular formula is C39H54O6. The van der Waals surface area contributed by atoms with Gasteiger partial charge in [0.05, 0.1) is 11.5 Å². The Hall–Kier alpha value is -2.60. The number of aromatic hydroxyl groups is 1. The van der Waals surface area contributed by atoms with Gasteiger partial charge in [0, 0.05) is 11.5 Å². The van der Waals surface area contributed by atoms with Gasteiger partial charge in [-0.05, 0) is 134 Å². The van der Waals surface area contributed by atoms with E-state index < -0.39 is 35.0 Å². The van der Waals surface area contributed by atoms with E-state index in [1.54, 1.807) is 30.3 Å². The van der Waals surface area contributed by atoms with Crippen LogP contribution in [0.15, 0.2) is 42.5 Å². The first-order valence-corrected chi connectivity index (χ1v) is 17.3. The normalized spacial score (nSPS) is 45.1. The number of aliphatic carboxylic acids is 1. The van der Waals surface area contributed by atoms with Crippen LogP contribution in [0.3, 0.4) is 0 Å². The van der Waals surface area contributed by atoms with Gasteiger partial charge in [-0.2, -0.15) is 0 Å². The zero-order valence-electron chi connectivity index (χ0n) is 28.1. The van der Waals surface area contributed by atoms with E-state index in [-0.39, 0.29) is 39.7 Å². The highest BCUT2D eigenvalue weighted by molar-refractivity contribution is 5.87. The van der Waals surface area contributed by atoms with E-state index in [1.807, 2.05) is 0 Å². The second-order valence-electron chi connectivity index (χ2n) is 17.0. The molecule has 246 valence electrons. The summed E-state index contributed by atoms with van der Waals surface area (Å²) < 4.78 is 6.05. The van der Waals surface area contributed by atoms with E-state index in [1.165, 1.54) is 6.08 Å². The first kappa shape index (κ1) is 32.3. The first-order valence-electron chi connectivity index (χ1n) is 17.3. The maximum Gasteiger partial charge on any atom is 0.331 e. The number of rotatable bonds is 5. The lowest BCUT2D eigenvalue weighted by Gasteiger charge is -2.73. The number of ether oxygens (including phenoxy) is 1. The van der Waals surface area contributed by atoms with Crippen LogP contribution in [0.25, 0.3) is 6.08 Å². The summed E-state index contributed by atoms with van der Waals surface area (Å²) in [6.45, 7) is 18.2. The number of hydrogen-bond acceptors (Lipinski definition) is 5. The molecule has 5 aliphatic carbocycles. The van der Waals surface area contributed by atoms with Crippen molar-refractivity contribution < 1.29 is 29.6 Å². The summed E-state index contributed by atoms with van der Waals surface area (Å²) in [6, 6.07) is 6.62. The Balaban J connectivity index is 1.27. The summed E-state index contributed by atoms with van der Waals surface area (Å²) in [5, 5.41) is 31.9. The average molecular weight is 619 g/mol. The van der Waals surface area contributed by atoms with Crippen molar-refractivity contribution in [3.8, 4) is 5.75 Å². The molecule has 0 unspecified atom stereocenters. The molecule has 1 aromatic carbocycles. The number of aliphatic hydroxyl groups excluding tert-OH is 1. The molecule has 11 atom stereocenters. The fraction of sp³-hybridized carbons (Fsp3) is 0.692. The van der Waals surface area contributed by atoms with Crippen molar-refractivity contribution in [2.24, 2.45) is 56.7 Å². The maximum absolute atomic E-state index is 13.0. The van der Waals surface area contributed by atoms with Crippen LogP contribution in [0, 0.1) is 56.7 Å². The third kappa shape index (κ3) is 4.58. The molecule has 45 heavy (non-hydrogen) atoms. The van der Waals surface area contributed by atoms with E-state index in [4.69, 9.17) is 4.74 Å². The molecule has 0 aromatic heterocycles. The molecular weight excluding hydrogens is 564 g/mol. The number of carboxylic acids is 1. The van der Waals surface area contributed by atoms with Crippen LogP contribution < -0.4 is 0 Å². The highest BCUT2D eigenvalue weighted by atomic mass is 16.6. The van der Waals surface area contributed by atoms with Gasteiger partial charge in [0.15, 0.2) is 0 Å². The van der Waals surface area contributed by atoms with Crippen LogP contribution in [0.1, 0.15) is 105 Å². The van der Waals surface area contributed by atoms with E-state index in [0.29, 0.717) is 18.3 Å². The lowest BCUT2D eigenvalue weighted by molar-refractivity contribution is -0.265. The Morgan fingerprint density at radius 2 is 1.60 bits per heavy atom. The molecule has 5 aliphatic rings. The predicted molar refractivity (Wildman–Crippen MR) is 175 cm³/mol. The van der Waals surface area contributed by atoms with Gasteiger partial charge < -0.3 is 20.1 Å². The number of hydrogen-bond donors (Lipinski definition) is 3. The summed E-state index contributed by atoms with van der Waals surface area (Å²) in [6.07, 6.45) is 9.82. The topological polar surface area (TPSA) is 104 Å². The van der Waals surface area contributed by atoms with Crippen molar-refractivity contribution in [1.82, 2.24) is 0 Å². The average Bonchev–Trinajstić information content (AvgIpc) is 3.37. The number of benzene rings is 1. The molecule has 0 heterocycles. The standard InChI is InChI=1S/C39H54O6/c1-23(2)26-16-19-39(34(43)44)21-20-37(6)27(32(26)39)13-14-30-36(5)22-28(41)33(35(3,4)29(36)17-18-38(30,37)7)45-31(42)15-10-24-8-11-25(40)12-9-24/h8-12,15,26-30,32-33,40-41H,1,13-14,16-22H2,2-7H3,(H,43,44)/t26-,27-,28+,29-,30+,32+,33+,36-,37+,38-,39+/m1/s1. The van der Waals surface area contributed by atoms with Crippen LogP contribution in [-0.4, -0.2) is 39.5 Å². The fourth-order valence-corrected chi connectivity index (χ4v) is 12.8. The zero-order valence-corrected chi connectivity index (χ0v) is 28.1. The van der Waals surface area contributed by atoms with Gasteiger partial charge in [-0.3, -0.25) is 4.79 Å². The van der Waals surface area contributed by atoms with Crippen molar-refractivity contribution in [3.05, 3.63) is 48.1 Å². The molecule has 5 fully saturated rings. The SMILES string of the molecule is C=C(C)[C@H]1CC[C@]2(C(=O)O)CC[C@@]3(C)[C@H](CC[C@H]4[C@]5(C)C[C@H](O)[C@H](OC(=O)C=Cc6ccc(O)cc6)C(C)(C)[C@H]5CC[C@]43C)[C@H]12. The number of carboxylic acid groups (broad SMARTS) is 1. The molecule has 0 radical (unpaired) electrons. The van der Waals surface area contributed by atoms with Crippen LogP contribution >= 0.6 is 0 Å². The third-order valence-electron chi connectivity index (χ3n) is 14.9. The molecule has 0 spiro atoms. The van der Waals surface area contributed by atoms with E-state index >= 15 is 0 Å². The summed E-state index contributed by atoms with van der Waals surface area (Å²) >= 11 is 0. The van der Waals surface area contributed by atoms with Gasteiger partial charge in [-0.25, -0.2) is 4.79 Å². The third-order valence-corrected chi connectivity index (χ3v) is 14.9. The van der Waals surface area contributed by atoms with E-state index in [0.717, 1.165) is 62.5 Å². The smallest absolute Gasteiger partial charge is 0.331 e. The molecule has 0 bridgehead atoms. The number of allylic oxidation sites excluding steroid dienone is 1. The molecule has 5 saturated carbocycles. The van der Waals surface area contributed by atoms with Crippen LogP contribution in [0.5, 0.6) is 5.75 Å². The maximum atomic E-state index is 13.0. The lowest BCUT2D eigenvalue weighted by Crippen LogP contribution is -2.69. The number of aliphatic hydroxyl groups is 1. The van der Waals surface area contributed by atoms with Crippen molar-refractivity contribution >= 4 is 18.0 Å². The van der Waals surface area contributed by atoms with E-state index in [9.17, 15) is 24.9 Å². The molecule has 0 aliphatic heterocycles. The van der Waals surface area contributed by atoms with Gasteiger partial charge in [-0.1, -0.05) is 58.9 Å². The minimum Gasteiger partial charge on any atom is -0.508 e. The minimum absolute atomic E-state index is 0.0169. The second-order valence-corrected chi connectivity index (χ2v) is 17.0. The molecule has 1 aromatic rings. The molecule has 6 nitrogen and oxygen atoms in total. The second kappa shape index (κ2) is 10.7. The molecule has 6 rings (SSSR count). The quantitative estimate of drug-likeness (QED) is 0.175. The highest BCUT2D eigenvalue weighted by Gasteiger charge is 2.72. The Kier molecular flexibility index (Phi) is 7.70. The Bertz CT molecular complexity index is 1390. The molecule has 0 saturated heterocycles. The van der Waals surface area contributed by atoms with Gasteiger partial charge in [0.1, 0.15) is 11.9 Å². The summed E-state index contributed by atoms with van der Waals surface area (Å²) in [7, 11) is 0. The van der Waals surface area contributed by atoms with Crippen molar-refractivity contribution in [2.75, 3.05) is 0 Å². The number of esters is 1. The zero-order chi connectivity index (χ0) is 32.7. The van der Waals surface area contributed by atoms with Gasteiger partial charge in [-0.15, -0.1) is 0 Å². The highest BCUT2D eigenvalue weighted by Crippen LogP contribution is 2.77. The fourth-order valence-electron chi connectivity index (χ4n) is 12.8. The summed E-state index contributed by atoms with van der Waals surface area (Å²) in [5.41, 5.74) is 0.796. The predicted octanol–water partition coefficient (Wildman–Crippen LogP) is 8.03. The summed E-state index contributed by atoms with van der Waals surface area (Å²) in [4.78, 5) is 26.0. The van der Waals surface area contributed by atoms with Crippen LogP contribution in [-0.2, 0) is 14.3 Å². The number of carbonyl (C=O) groups excluding carboxylic acids is 1. The number of fused-ring (bicyclic) bond motifs is 7. The van der Waals surface area contributed by atoms with Crippen LogP contribution in [0.2, 0.25) is 0 Å². The molecule has 6 heteroatoms. The van der Waals surface area contributed by atoms with Crippen molar-refractivity contribution in [1.29, 1.82) is 0 Å². The number of carbonyl (C=O) groups is 2. The first-order chi connectivity index (χ1) is 21.0. The van der Waals surface area contributed by atoms with Gasteiger partial charge in [0.25, 0.3) is 0 Å². The van der Waals surface area contributed by atoms with Crippen molar-refractivity contribution in [2.45, 2.75) is 112 Å². The largest absolute Gasteiger partial charge is 0.508 e. The monoisotopic (exact) mass is 618 g/mol. The van der Waals surface area contributed by atoms with Crippen LogP contribution in [0.4, 0.5) is 0 Å². The van der Waals surface area contributed by atoms with Gasteiger partial charge in [0.2, 0.25) is 0 Å². The Morgan fingerprint density at radius 3 is 2.24 bits per heavy atom. The molecule has 3 N–H and O–H groups in total. The Labute approximate surface area is 269 Å². The molecule has 0 amide bonds. The van der Waals surface area contributed by atoms with Crippen molar-refractivity contribution in [3.63, 3.8) is 0 Å². The number of phenols is 1.